The van der Waals surface area contributed by atoms with Gasteiger partial charge in [0.1, 0.15) is 5.69 Å². The highest BCUT2D eigenvalue weighted by molar-refractivity contribution is 9.10. The summed E-state index contributed by atoms with van der Waals surface area (Å²) in [6.45, 7) is 2.08. The number of likely N-dealkylation sites (tertiary alicyclic amines) is 1. The topological polar surface area (TPSA) is 80.4 Å². The van der Waals surface area contributed by atoms with Crippen LogP contribution in [0, 0.1) is 5.92 Å². The van der Waals surface area contributed by atoms with Crippen molar-refractivity contribution in [1.82, 2.24) is 14.8 Å². The molecule has 124 valence electrons. The first-order chi connectivity index (χ1) is 10.0. The van der Waals surface area contributed by atoms with Gasteiger partial charge in [0.2, 0.25) is 5.91 Å². The minimum absolute atomic E-state index is 0. The van der Waals surface area contributed by atoms with E-state index in [1.807, 2.05) is 13.2 Å². The van der Waals surface area contributed by atoms with Crippen LogP contribution >= 0.6 is 28.3 Å². The minimum Gasteiger partial charge on any atom is -0.355 e. The number of carbonyl (C=O) groups is 2. The number of nitrogens with zero attached hydrogens (tertiary/aromatic N) is 2. The van der Waals surface area contributed by atoms with Gasteiger partial charge in [-0.3, -0.25) is 9.59 Å². The summed E-state index contributed by atoms with van der Waals surface area (Å²) in [5.41, 5.74) is 6.02. The predicted octanol–water partition coefficient (Wildman–Crippen LogP) is 1.14. The van der Waals surface area contributed by atoms with Crippen LogP contribution < -0.4 is 11.1 Å². The average Bonchev–Trinajstić information content (AvgIpc) is 2.82. The van der Waals surface area contributed by atoms with Crippen LogP contribution in [0.15, 0.2) is 16.7 Å². The molecule has 0 saturated carbocycles. The molecule has 1 fully saturated rings. The van der Waals surface area contributed by atoms with Gasteiger partial charge in [-0.2, -0.15) is 0 Å². The summed E-state index contributed by atoms with van der Waals surface area (Å²) in [5.74, 6) is -0.177. The van der Waals surface area contributed by atoms with Crippen LogP contribution in [0.3, 0.4) is 0 Å². The summed E-state index contributed by atoms with van der Waals surface area (Å²) in [6.07, 6.45) is 3.51. The lowest BCUT2D eigenvalue weighted by molar-refractivity contribution is -0.126. The van der Waals surface area contributed by atoms with Gasteiger partial charge in [0.15, 0.2) is 0 Å². The Hall–Kier alpha value is -1.05. The van der Waals surface area contributed by atoms with Crippen molar-refractivity contribution in [1.29, 1.82) is 0 Å². The second-order valence-corrected chi connectivity index (χ2v) is 6.24. The SMILES string of the molecule is Cl.Cn1cc(Br)cc1C(=O)N1CCCC(C(=O)NCCN)C1. The zero-order chi connectivity index (χ0) is 15.4. The van der Waals surface area contributed by atoms with E-state index in [9.17, 15) is 9.59 Å². The molecule has 1 aliphatic rings. The largest absolute Gasteiger partial charge is 0.355 e. The van der Waals surface area contributed by atoms with E-state index in [4.69, 9.17) is 5.73 Å². The van der Waals surface area contributed by atoms with Crippen LogP contribution in [0.4, 0.5) is 0 Å². The van der Waals surface area contributed by atoms with E-state index in [2.05, 4.69) is 21.2 Å². The number of carbonyl (C=O) groups excluding carboxylic acids is 2. The van der Waals surface area contributed by atoms with Gasteiger partial charge < -0.3 is 20.5 Å². The van der Waals surface area contributed by atoms with Crippen LogP contribution in [0.2, 0.25) is 0 Å². The smallest absolute Gasteiger partial charge is 0.270 e. The molecule has 1 unspecified atom stereocenters. The average molecular weight is 394 g/mol. The molecule has 8 heteroatoms. The Morgan fingerprint density at radius 1 is 1.50 bits per heavy atom. The van der Waals surface area contributed by atoms with Crippen molar-refractivity contribution in [3.8, 4) is 0 Å². The summed E-state index contributed by atoms with van der Waals surface area (Å²) in [5, 5.41) is 2.80. The van der Waals surface area contributed by atoms with Gasteiger partial charge in [-0.15, -0.1) is 12.4 Å². The first-order valence-electron chi connectivity index (χ1n) is 7.12. The molecule has 1 aromatic rings. The molecule has 0 aliphatic carbocycles. The predicted molar refractivity (Wildman–Crippen MR) is 91.1 cm³/mol. The third-order valence-electron chi connectivity index (χ3n) is 3.71. The summed E-state index contributed by atoms with van der Waals surface area (Å²) in [6, 6.07) is 1.81. The molecule has 1 saturated heterocycles. The first-order valence-corrected chi connectivity index (χ1v) is 7.91. The first kappa shape index (κ1) is 19.0. The maximum absolute atomic E-state index is 12.5. The highest BCUT2D eigenvalue weighted by Crippen LogP contribution is 2.21. The minimum atomic E-state index is -0.141. The third-order valence-corrected chi connectivity index (χ3v) is 4.15. The van der Waals surface area contributed by atoms with Crippen molar-refractivity contribution in [3.63, 3.8) is 0 Å². The lowest BCUT2D eigenvalue weighted by atomic mass is 9.97. The van der Waals surface area contributed by atoms with E-state index in [0.29, 0.717) is 31.9 Å². The Labute approximate surface area is 144 Å². The molecular formula is C14H22BrClN4O2. The highest BCUT2D eigenvalue weighted by Gasteiger charge is 2.29. The Morgan fingerprint density at radius 2 is 2.23 bits per heavy atom. The van der Waals surface area contributed by atoms with Crippen molar-refractivity contribution in [2.45, 2.75) is 12.8 Å². The normalized spacial score (nSPS) is 17.8. The molecule has 0 aromatic carbocycles. The molecule has 2 heterocycles. The Balaban J connectivity index is 0.00000242. The standard InChI is InChI=1S/C14H21BrN4O2.ClH/c1-18-9-11(15)7-12(18)14(21)19-6-2-3-10(8-19)13(20)17-5-4-16;/h7,9-10H,2-6,8,16H2,1H3,(H,17,20);1H. The van der Waals surface area contributed by atoms with Gasteiger partial charge in [0.05, 0.1) is 5.92 Å². The lowest BCUT2D eigenvalue weighted by Crippen LogP contribution is -2.46. The maximum atomic E-state index is 12.5. The van der Waals surface area contributed by atoms with E-state index in [0.717, 1.165) is 17.3 Å². The van der Waals surface area contributed by atoms with E-state index < -0.39 is 0 Å². The van der Waals surface area contributed by atoms with Crippen molar-refractivity contribution < 1.29 is 9.59 Å². The van der Waals surface area contributed by atoms with E-state index in [1.165, 1.54) is 0 Å². The second kappa shape index (κ2) is 8.55. The summed E-state index contributed by atoms with van der Waals surface area (Å²) >= 11 is 3.37. The molecule has 2 rings (SSSR count). The van der Waals surface area contributed by atoms with E-state index >= 15 is 0 Å². The Bertz CT molecular complexity index is 535. The fourth-order valence-electron chi connectivity index (χ4n) is 2.61. The van der Waals surface area contributed by atoms with Crippen LogP contribution in [0.5, 0.6) is 0 Å². The molecule has 0 spiro atoms. The molecule has 0 bridgehead atoms. The number of nitrogens with two attached hydrogens (primary N) is 1. The number of hydrogen-bond acceptors (Lipinski definition) is 3. The van der Waals surface area contributed by atoms with Crippen molar-refractivity contribution >= 4 is 40.2 Å². The van der Waals surface area contributed by atoms with Gasteiger partial charge in [-0.05, 0) is 34.8 Å². The van der Waals surface area contributed by atoms with Crippen LogP contribution in [0.1, 0.15) is 23.3 Å². The molecule has 1 atom stereocenters. The molecule has 1 aromatic heterocycles. The van der Waals surface area contributed by atoms with Gasteiger partial charge in [0.25, 0.3) is 5.91 Å². The second-order valence-electron chi connectivity index (χ2n) is 5.32. The molecule has 6 nitrogen and oxygen atoms in total. The number of hydrogen-bond donors (Lipinski definition) is 2. The van der Waals surface area contributed by atoms with Crippen molar-refractivity contribution in [2.75, 3.05) is 26.2 Å². The summed E-state index contributed by atoms with van der Waals surface area (Å²) < 4.78 is 2.67. The van der Waals surface area contributed by atoms with Crippen molar-refractivity contribution in [3.05, 3.63) is 22.4 Å². The molecule has 0 radical (unpaired) electrons. The molecule has 1 aliphatic heterocycles. The lowest BCUT2D eigenvalue weighted by Gasteiger charge is -2.32. The van der Waals surface area contributed by atoms with Gasteiger partial charge >= 0.3 is 0 Å². The van der Waals surface area contributed by atoms with E-state index in [-0.39, 0.29) is 30.1 Å². The number of amides is 2. The monoisotopic (exact) mass is 392 g/mol. The van der Waals surface area contributed by atoms with Gasteiger partial charge in [-0.1, -0.05) is 0 Å². The zero-order valence-corrected chi connectivity index (χ0v) is 15.0. The number of rotatable bonds is 4. The fourth-order valence-corrected chi connectivity index (χ4v) is 3.14. The molecule has 22 heavy (non-hydrogen) atoms. The number of aryl methyl sites for hydroxylation is 1. The quantitative estimate of drug-likeness (QED) is 0.805. The van der Waals surface area contributed by atoms with Gasteiger partial charge in [0, 0.05) is 43.9 Å². The van der Waals surface area contributed by atoms with Crippen LogP contribution in [0.25, 0.3) is 0 Å². The number of piperidine rings is 1. The molecule has 2 amide bonds. The third kappa shape index (κ3) is 4.47. The Morgan fingerprint density at radius 3 is 2.82 bits per heavy atom. The van der Waals surface area contributed by atoms with Gasteiger partial charge in [-0.25, -0.2) is 0 Å². The number of nitrogens with one attached hydrogen (secondary N) is 1. The Kier molecular flexibility index (Phi) is 7.38. The van der Waals surface area contributed by atoms with Crippen LogP contribution in [-0.4, -0.2) is 47.5 Å². The number of halogens is 2. The maximum Gasteiger partial charge on any atom is 0.270 e. The highest BCUT2D eigenvalue weighted by atomic mass is 79.9. The summed E-state index contributed by atoms with van der Waals surface area (Å²) in [4.78, 5) is 26.3. The number of aromatic nitrogens is 1. The molecule has 3 N–H and O–H groups in total. The molecular weight excluding hydrogens is 372 g/mol. The summed E-state index contributed by atoms with van der Waals surface area (Å²) in [7, 11) is 1.84. The van der Waals surface area contributed by atoms with Crippen LogP contribution in [-0.2, 0) is 11.8 Å². The fraction of sp³-hybridized carbons (Fsp3) is 0.571. The van der Waals surface area contributed by atoms with Crippen molar-refractivity contribution in [2.24, 2.45) is 18.7 Å². The zero-order valence-electron chi connectivity index (χ0n) is 12.5. The van der Waals surface area contributed by atoms with E-state index in [1.54, 1.807) is 15.5 Å².